The fourth-order valence-corrected chi connectivity index (χ4v) is 5.62. The lowest BCUT2D eigenvalue weighted by atomic mass is 9.85. The summed E-state index contributed by atoms with van der Waals surface area (Å²) in [6.45, 7) is 4.96. The van der Waals surface area contributed by atoms with E-state index in [2.05, 4.69) is 15.9 Å². The first-order chi connectivity index (χ1) is 18.2. The van der Waals surface area contributed by atoms with Crippen molar-refractivity contribution in [1.82, 2.24) is 4.90 Å². The molecule has 0 saturated carbocycles. The van der Waals surface area contributed by atoms with Crippen molar-refractivity contribution in [2.24, 2.45) is 0 Å². The smallest absolute Gasteiger partial charge is 0.396 e. The molecule has 2 aliphatic heterocycles. The van der Waals surface area contributed by atoms with Crippen molar-refractivity contribution in [2.75, 3.05) is 6.54 Å². The summed E-state index contributed by atoms with van der Waals surface area (Å²) in [6, 6.07) is 16.7. The van der Waals surface area contributed by atoms with Gasteiger partial charge in [-0.05, 0) is 62.1 Å². The molecule has 1 aromatic heterocycles. The van der Waals surface area contributed by atoms with E-state index in [1.165, 1.54) is 0 Å². The molecule has 2 atom stereocenters. The highest BCUT2D eigenvalue weighted by atomic mass is 79.9. The van der Waals surface area contributed by atoms with Crippen molar-refractivity contribution in [3.05, 3.63) is 93.2 Å². The number of nitrogens with zero attached hydrogens (tertiary/aromatic N) is 2. The summed E-state index contributed by atoms with van der Waals surface area (Å²) in [5, 5.41) is 0.665. The third-order valence-electron chi connectivity index (χ3n) is 7.21. The van der Waals surface area contributed by atoms with Crippen LogP contribution in [-0.2, 0) is 22.6 Å². The molecule has 3 aromatic rings. The Morgan fingerprint density at radius 3 is 2.49 bits per heavy atom. The standard InChI is InChI=1S/C30H31BrClN2O4.BrH/c1-30(2)29(37-19-21-8-12-23(32)13-9-21)28(34-15-4-3-5-26(34)35)24-18-33(16-14-25(24)38-30)27(36)17-20-6-10-22(31)11-7-20;/h6-14,16,18,28-29H,3-5,15,17,19H2,1-2H3;1H/q+1;/p-1. The summed E-state index contributed by atoms with van der Waals surface area (Å²) in [7, 11) is 0. The van der Waals surface area contributed by atoms with Gasteiger partial charge in [0, 0.05) is 28.5 Å². The molecule has 0 radical (unpaired) electrons. The topological polar surface area (TPSA) is 59.7 Å². The molecule has 0 spiro atoms. The van der Waals surface area contributed by atoms with Gasteiger partial charge in [-0.2, -0.15) is 0 Å². The fourth-order valence-electron chi connectivity index (χ4n) is 5.23. The van der Waals surface area contributed by atoms with Crippen LogP contribution in [0.4, 0.5) is 0 Å². The second-order valence-electron chi connectivity index (χ2n) is 10.4. The summed E-state index contributed by atoms with van der Waals surface area (Å²) < 4.78 is 15.6. The number of hydrogen-bond acceptors (Lipinski definition) is 4. The number of aromatic nitrogens is 1. The van der Waals surface area contributed by atoms with Crippen LogP contribution in [-0.4, -0.2) is 35.0 Å². The second-order valence-corrected chi connectivity index (χ2v) is 11.8. The molecule has 2 unspecified atom stereocenters. The second kappa shape index (κ2) is 12.5. The number of amides is 1. The summed E-state index contributed by atoms with van der Waals surface area (Å²) in [4.78, 5) is 28.4. The average molecular weight is 679 g/mol. The highest BCUT2D eigenvalue weighted by Crippen LogP contribution is 2.45. The first kappa shape index (κ1) is 29.7. The molecular formula is C30H31Br2ClN2O4. The number of fused-ring (bicyclic) bond motifs is 1. The molecule has 1 amide bonds. The van der Waals surface area contributed by atoms with Gasteiger partial charge in [0.05, 0.1) is 24.6 Å². The first-order valence-electron chi connectivity index (χ1n) is 12.9. The van der Waals surface area contributed by atoms with Crippen molar-refractivity contribution >= 4 is 39.3 Å². The molecule has 206 valence electrons. The SMILES string of the molecule is CC1(C)Oc2cc[n+](C(=O)Cc3ccc(Br)cc3)cc2C(N2CCCCC2=O)C1OCc1ccc(Cl)cc1.[Br-]. The number of likely N-dealkylation sites (tertiary alicyclic amines) is 1. The molecule has 1 saturated heterocycles. The third-order valence-corrected chi connectivity index (χ3v) is 7.99. The number of halogens is 3. The predicted molar refractivity (Wildman–Crippen MR) is 148 cm³/mol. The molecule has 39 heavy (non-hydrogen) atoms. The van der Waals surface area contributed by atoms with E-state index in [1.54, 1.807) is 10.8 Å². The molecule has 5 rings (SSSR count). The molecule has 0 bridgehead atoms. The van der Waals surface area contributed by atoms with E-state index in [9.17, 15) is 9.59 Å². The maximum Gasteiger partial charge on any atom is 0.396 e. The number of carbonyl (C=O) groups is 2. The quantitative estimate of drug-likeness (QED) is 0.377. The van der Waals surface area contributed by atoms with Crippen LogP contribution in [0.1, 0.15) is 60.6 Å². The zero-order chi connectivity index (χ0) is 26.9. The number of rotatable bonds is 6. The minimum atomic E-state index is -0.713. The predicted octanol–water partition coefficient (Wildman–Crippen LogP) is 3.09. The number of piperidine rings is 1. The van der Waals surface area contributed by atoms with Crippen molar-refractivity contribution in [1.29, 1.82) is 0 Å². The molecule has 2 aliphatic rings. The van der Waals surface area contributed by atoms with E-state index < -0.39 is 11.7 Å². The monoisotopic (exact) mass is 676 g/mol. The van der Waals surface area contributed by atoms with E-state index >= 15 is 0 Å². The van der Waals surface area contributed by atoms with Crippen LogP contribution in [0.2, 0.25) is 5.02 Å². The number of ether oxygens (including phenoxy) is 2. The van der Waals surface area contributed by atoms with Crippen molar-refractivity contribution < 1.29 is 40.6 Å². The molecule has 0 N–H and O–H groups in total. The van der Waals surface area contributed by atoms with E-state index in [-0.39, 0.29) is 41.3 Å². The lowest BCUT2D eigenvalue weighted by Gasteiger charge is -2.48. The van der Waals surface area contributed by atoms with Gasteiger partial charge in [0.1, 0.15) is 17.5 Å². The Morgan fingerprint density at radius 2 is 1.79 bits per heavy atom. The van der Waals surface area contributed by atoms with E-state index in [4.69, 9.17) is 21.1 Å². The zero-order valence-corrected chi connectivity index (χ0v) is 25.8. The Labute approximate surface area is 253 Å². The molecule has 3 heterocycles. The molecule has 1 fully saturated rings. The van der Waals surface area contributed by atoms with Crippen LogP contribution >= 0.6 is 27.5 Å². The molecule has 6 nitrogen and oxygen atoms in total. The van der Waals surface area contributed by atoms with Gasteiger partial charge in [-0.15, -0.1) is 4.57 Å². The van der Waals surface area contributed by atoms with Gasteiger partial charge < -0.3 is 31.4 Å². The Bertz CT molecular complexity index is 1330. The lowest BCUT2D eigenvalue weighted by molar-refractivity contribution is -0.575. The van der Waals surface area contributed by atoms with Crippen molar-refractivity contribution in [3.8, 4) is 5.75 Å². The Kier molecular flexibility index (Phi) is 9.53. The zero-order valence-electron chi connectivity index (χ0n) is 21.9. The molecule has 0 aliphatic carbocycles. The van der Waals surface area contributed by atoms with E-state index in [0.29, 0.717) is 30.3 Å². The van der Waals surface area contributed by atoms with Crippen LogP contribution in [0.5, 0.6) is 5.75 Å². The fraction of sp³-hybridized carbons (Fsp3) is 0.367. The van der Waals surface area contributed by atoms with Gasteiger partial charge in [-0.25, -0.2) is 4.79 Å². The number of pyridine rings is 1. The third kappa shape index (κ3) is 6.73. The van der Waals surface area contributed by atoms with Crippen LogP contribution in [0.25, 0.3) is 0 Å². The Hall–Kier alpha value is -2.26. The van der Waals surface area contributed by atoms with Crippen LogP contribution in [0.3, 0.4) is 0 Å². The van der Waals surface area contributed by atoms with Crippen LogP contribution in [0.15, 0.2) is 71.5 Å². The van der Waals surface area contributed by atoms with E-state index in [0.717, 1.165) is 34.0 Å². The summed E-state index contributed by atoms with van der Waals surface area (Å²) in [5.74, 6) is 0.696. The highest BCUT2D eigenvalue weighted by molar-refractivity contribution is 9.10. The Balaban J connectivity index is 0.00000353. The Morgan fingerprint density at radius 1 is 1.10 bits per heavy atom. The largest absolute Gasteiger partial charge is 1.00 e. The van der Waals surface area contributed by atoms with Gasteiger partial charge >= 0.3 is 5.91 Å². The maximum absolute atomic E-state index is 13.3. The van der Waals surface area contributed by atoms with Crippen molar-refractivity contribution in [2.45, 2.75) is 63.9 Å². The number of hydrogen-bond donors (Lipinski definition) is 0. The van der Waals surface area contributed by atoms with Gasteiger partial charge in [-0.1, -0.05) is 51.8 Å². The summed E-state index contributed by atoms with van der Waals surface area (Å²) in [5.41, 5.74) is 1.97. The van der Waals surface area contributed by atoms with Gasteiger partial charge in [0.25, 0.3) is 0 Å². The number of benzene rings is 2. The maximum atomic E-state index is 13.3. The van der Waals surface area contributed by atoms with E-state index in [1.807, 2.05) is 79.5 Å². The average Bonchev–Trinajstić information content (AvgIpc) is 2.89. The summed E-state index contributed by atoms with van der Waals surface area (Å²) in [6.07, 6.45) is 5.67. The summed E-state index contributed by atoms with van der Waals surface area (Å²) >= 11 is 9.50. The molecule has 9 heteroatoms. The van der Waals surface area contributed by atoms with Gasteiger partial charge in [-0.3, -0.25) is 4.79 Å². The molecular weight excluding hydrogens is 648 g/mol. The van der Waals surface area contributed by atoms with Crippen molar-refractivity contribution in [3.63, 3.8) is 0 Å². The van der Waals surface area contributed by atoms with Gasteiger partial charge in [0.2, 0.25) is 5.91 Å². The highest BCUT2D eigenvalue weighted by Gasteiger charge is 2.50. The van der Waals surface area contributed by atoms with Crippen LogP contribution in [0, 0.1) is 0 Å². The number of carbonyl (C=O) groups excluding carboxylic acids is 2. The minimum absolute atomic E-state index is 0. The minimum Gasteiger partial charge on any atom is -1.00 e. The van der Waals surface area contributed by atoms with Crippen LogP contribution < -0.4 is 26.3 Å². The molecule has 2 aromatic carbocycles. The normalized spacial score (nSPS) is 20.0. The first-order valence-corrected chi connectivity index (χ1v) is 14.1. The van der Waals surface area contributed by atoms with Gasteiger partial charge in [0.15, 0.2) is 12.4 Å². The lowest BCUT2D eigenvalue weighted by Crippen LogP contribution is -3.00.